The maximum absolute atomic E-state index is 13.4. The van der Waals surface area contributed by atoms with Crippen molar-refractivity contribution in [2.75, 3.05) is 0 Å². The van der Waals surface area contributed by atoms with Crippen molar-refractivity contribution in [2.45, 2.75) is 57.5 Å². The van der Waals surface area contributed by atoms with Crippen molar-refractivity contribution in [2.24, 2.45) is 0 Å². The van der Waals surface area contributed by atoms with Crippen LogP contribution in [0.25, 0.3) is 11.0 Å². The molecule has 2 N–H and O–H groups in total. The minimum absolute atomic E-state index is 0.0915. The van der Waals surface area contributed by atoms with Gasteiger partial charge in [-0.05, 0) is 56.2 Å². The highest BCUT2D eigenvalue weighted by molar-refractivity contribution is 6.05. The summed E-state index contributed by atoms with van der Waals surface area (Å²) in [4.78, 5) is 45.3. The molecule has 30 heavy (non-hydrogen) atoms. The minimum atomic E-state index is -0.566. The average molecular weight is 404 g/mol. The van der Waals surface area contributed by atoms with Gasteiger partial charge in [0.2, 0.25) is 0 Å². The largest absolute Gasteiger partial charge is 0.345 e. The molecule has 0 saturated heterocycles. The summed E-state index contributed by atoms with van der Waals surface area (Å²) < 4.78 is 1.43. The van der Waals surface area contributed by atoms with Gasteiger partial charge in [-0.1, -0.05) is 24.3 Å². The van der Waals surface area contributed by atoms with E-state index in [4.69, 9.17) is 0 Å². The molecular weight excluding hydrogens is 380 g/mol. The van der Waals surface area contributed by atoms with Crippen LogP contribution in [0, 0.1) is 0 Å². The quantitative estimate of drug-likeness (QED) is 0.699. The van der Waals surface area contributed by atoms with E-state index in [2.05, 4.69) is 27.4 Å². The number of amides is 1. The van der Waals surface area contributed by atoms with Gasteiger partial charge in [0.1, 0.15) is 0 Å². The SMILES string of the molecule is CCn1c(=O)[nH]c(=O)c2c(C(=O)N[C@@H]3CCCc4ccccc43)cc(C3CC3)nc21. The summed E-state index contributed by atoms with van der Waals surface area (Å²) in [7, 11) is 0. The van der Waals surface area contributed by atoms with Gasteiger partial charge < -0.3 is 5.32 Å². The van der Waals surface area contributed by atoms with Gasteiger partial charge in [0, 0.05) is 18.2 Å². The predicted octanol–water partition coefficient (Wildman–Crippen LogP) is 2.79. The van der Waals surface area contributed by atoms with Crippen molar-refractivity contribution in [1.82, 2.24) is 19.9 Å². The highest BCUT2D eigenvalue weighted by Gasteiger charge is 2.29. The number of hydrogen-bond acceptors (Lipinski definition) is 4. The number of rotatable bonds is 4. The first-order chi connectivity index (χ1) is 14.6. The van der Waals surface area contributed by atoms with E-state index in [1.165, 1.54) is 10.1 Å². The second-order valence-electron chi connectivity index (χ2n) is 8.19. The Morgan fingerprint density at radius 3 is 2.80 bits per heavy atom. The number of nitrogens with one attached hydrogen (secondary N) is 2. The monoisotopic (exact) mass is 404 g/mol. The van der Waals surface area contributed by atoms with E-state index in [1.54, 1.807) is 6.07 Å². The summed E-state index contributed by atoms with van der Waals surface area (Å²) in [6.45, 7) is 2.19. The summed E-state index contributed by atoms with van der Waals surface area (Å²) in [5.41, 5.74) is 2.70. The van der Waals surface area contributed by atoms with E-state index in [0.29, 0.717) is 17.8 Å². The molecule has 7 heteroatoms. The minimum Gasteiger partial charge on any atom is -0.345 e. The Kier molecular flexibility index (Phi) is 4.53. The standard InChI is InChI=1S/C23H24N4O3/c1-2-27-20-19(22(29)26-23(27)30)16(12-18(24-20)14-10-11-14)21(28)25-17-9-5-7-13-6-3-4-8-15(13)17/h3-4,6,8,12,14,17H,2,5,7,9-11H2,1H3,(H,25,28)(H,26,29,30)/t17-/m1/s1. The maximum Gasteiger partial charge on any atom is 0.329 e. The van der Waals surface area contributed by atoms with Crippen molar-refractivity contribution in [3.63, 3.8) is 0 Å². The van der Waals surface area contributed by atoms with Gasteiger partial charge in [-0.25, -0.2) is 9.78 Å². The number of carbonyl (C=O) groups excluding carboxylic acids is 1. The number of H-pyrrole nitrogens is 1. The molecule has 1 fully saturated rings. The van der Waals surface area contributed by atoms with Crippen molar-refractivity contribution < 1.29 is 4.79 Å². The topological polar surface area (TPSA) is 96.9 Å². The zero-order chi connectivity index (χ0) is 20.8. The van der Waals surface area contributed by atoms with Gasteiger partial charge in [-0.15, -0.1) is 0 Å². The van der Waals surface area contributed by atoms with Gasteiger partial charge in [0.15, 0.2) is 5.65 Å². The molecule has 0 spiro atoms. The molecule has 3 aromatic rings. The van der Waals surface area contributed by atoms with Gasteiger partial charge in [0.05, 0.1) is 17.0 Å². The normalized spacial score (nSPS) is 18.2. The number of fused-ring (bicyclic) bond motifs is 2. The number of nitrogens with zero attached hydrogens (tertiary/aromatic N) is 2. The first-order valence-corrected chi connectivity index (χ1v) is 10.6. The first kappa shape index (κ1) is 18.8. The van der Waals surface area contributed by atoms with Crippen LogP contribution in [0.1, 0.15) is 71.7 Å². The molecule has 7 nitrogen and oxygen atoms in total. The Morgan fingerprint density at radius 2 is 2.03 bits per heavy atom. The highest BCUT2D eigenvalue weighted by Crippen LogP contribution is 2.40. The van der Waals surface area contributed by atoms with Crippen molar-refractivity contribution in [3.05, 3.63) is 73.6 Å². The Labute approximate surface area is 173 Å². The third kappa shape index (κ3) is 3.14. The van der Waals surface area contributed by atoms with Crippen molar-refractivity contribution in [1.29, 1.82) is 0 Å². The fourth-order valence-corrected chi connectivity index (χ4v) is 4.49. The number of carbonyl (C=O) groups is 1. The lowest BCUT2D eigenvalue weighted by atomic mass is 9.87. The first-order valence-electron chi connectivity index (χ1n) is 10.6. The molecule has 2 aromatic heterocycles. The Hall–Kier alpha value is -3.22. The van der Waals surface area contributed by atoms with Crippen LogP contribution >= 0.6 is 0 Å². The summed E-state index contributed by atoms with van der Waals surface area (Å²) in [6, 6.07) is 9.81. The van der Waals surface area contributed by atoms with E-state index in [0.717, 1.165) is 43.4 Å². The van der Waals surface area contributed by atoms with E-state index < -0.39 is 11.2 Å². The molecule has 0 radical (unpaired) electrons. The molecule has 1 aromatic carbocycles. The summed E-state index contributed by atoms with van der Waals surface area (Å²) >= 11 is 0. The summed E-state index contributed by atoms with van der Waals surface area (Å²) in [5.74, 6) is -0.00569. The molecule has 1 amide bonds. The number of benzene rings is 1. The number of aromatic amines is 1. The Bertz CT molecular complexity index is 1270. The molecular formula is C23H24N4O3. The highest BCUT2D eigenvalue weighted by atomic mass is 16.2. The van der Waals surface area contributed by atoms with Gasteiger partial charge in [0.25, 0.3) is 11.5 Å². The number of pyridine rings is 1. The zero-order valence-electron chi connectivity index (χ0n) is 16.9. The number of aromatic nitrogens is 3. The molecule has 154 valence electrons. The lowest BCUT2D eigenvalue weighted by Gasteiger charge is -2.26. The molecule has 0 unspecified atom stereocenters. The van der Waals surface area contributed by atoms with E-state index >= 15 is 0 Å². The third-order valence-corrected chi connectivity index (χ3v) is 6.20. The van der Waals surface area contributed by atoms with E-state index in [9.17, 15) is 14.4 Å². The molecule has 0 aliphatic heterocycles. The van der Waals surface area contributed by atoms with Crippen LogP contribution in [0.5, 0.6) is 0 Å². The van der Waals surface area contributed by atoms with Crippen LogP contribution in [-0.2, 0) is 13.0 Å². The second kappa shape index (κ2) is 7.23. The van der Waals surface area contributed by atoms with Crippen LogP contribution in [0.15, 0.2) is 39.9 Å². The van der Waals surface area contributed by atoms with Gasteiger partial charge in [-0.3, -0.25) is 19.1 Å². The maximum atomic E-state index is 13.4. The molecule has 1 saturated carbocycles. The number of aryl methyl sites for hydroxylation is 2. The third-order valence-electron chi connectivity index (χ3n) is 6.20. The smallest absolute Gasteiger partial charge is 0.329 e. The van der Waals surface area contributed by atoms with Gasteiger partial charge >= 0.3 is 5.69 Å². The summed E-state index contributed by atoms with van der Waals surface area (Å²) in [6.07, 6.45) is 4.89. The van der Waals surface area contributed by atoms with Crippen LogP contribution in [0.4, 0.5) is 0 Å². The van der Waals surface area contributed by atoms with E-state index in [1.807, 2.05) is 19.1 Å². The molecule has 0 bridgehead atoms. The van der Waals surface area contributed by atoms with Crippen molar-refractivity contribution >= 4 is 16.9 Å². The average Bonchev–Trinajstić information content (AvgIpc) is 3.59. The second-order valence-corrected chi connectivity index (χ2v) is 8.19. The fourth-order valence-electron chi connectivity index (χ4n) is 4.49. The Balaban J connectivity index is 1.63. The lowest BCUT2D eigenvalue weighted by molar-refractivity contribution is 0.0934. The van der Waals surface area contributed by atoms with Crippen molar-refractivity contribution in [3.8, 4) is 0 Å². The predicted molar refractivity (Wildman–Crippen MR) is 114 cm³/mol. The van der Waals surface area contributed by atoms with Crippen LogP contribution < -0.4 is 16.6 Å². The molecule has 2 heterocycles. The molecule has 2 aliphatic rings. The molecule has 5 rings (SSSR count). The summed E-state index contributed by atoms with van der Waals surface area (Å²) in [5, 5.41) is 3.33. The van der Waals surface area contributed by atoms with E-state index in [-0.39, 0.29) is 23.3 Å². The zero-order valence-corrected chi connectivity index (χ0v) is 16.9. The lowest BCUT2D eigenvalue weighted by Crippen LogP contribution is -2.35. The fraction of sp³-hybridized carbons (Fsp3) is 0.391. The Morgan fingerprint density at radius 1 is 1.23 bits per heavy atom. The molecule has 1 atom stereocenters. The molecule has 2 aliphatic carbocycles. The van der Waals surface area contributed by atoms with Crippen LogP contribution in [-0.4, -0.2) is 20.4 Å². The van der Waals surface area contributed by atoms with Crippen LogP contribution in [0.2, 0.25) is 0 Å². The number of hydrogen-bond donors (Lipinski definition) is 2. The van der Waals surface area contributed by atoms with Crippen LogP contribution in [0.3, 0.4) is 0 Å². The van der Waals surface area contributed by atoms with Gasteiger partial charge in [-0.2, -0.15) is 0 Å².